The second-order valence-corrected chi connectivity index (χ2v) is 6.14. The third kappa shape index (κ3) is 4.91. The van der Waals surface area contributed by atoms with E-state index in [1.165, 1.54) is 19.3 Å². The molecule has 3 N–H and O–H groups in total. The fourth-order valence-electron chi connectivity index (χ4n) is 2.62. The van der Waals surface area contributed by atoms with Crippen molar-refractivity contribution in [3.63, 3.8) is 0 Å². The van der Waals surface area contributed by atoms with E-state index in [4.69, 9.17) is 0 Å². The maximum Gasteiger partial charge on any atom is 0.258 e. The topological polar surface area (TPSA) is 96.0 Å². The van der Waals surface area contributed by atoms with Crippen LogP contribution < -0.4 is 16.0 Å². The van der Waals surface area contributed by atoms with Gasteiger partial charge in [-0.15, -0.1) is 0 Å². The standard InChI is InChI=1S/C21H21N5O2/c1-3-15-6-4-5-7-19(15)26-21-22-12-16(13-23-21)20(28)25-18-10-8-17(9-11-18)24-14(2)27/h4-13H,3H2,1-2H3,(H,24,27)(H,25,28)(H,22,23,26). The highest BCUT2D eigenvalue weighted by Crippen LogP contribution is 2.19. The minimum atomic E-state index is -0.312. The van der Waals surface area contributed by atoms with Crippen molar-refractivity contribution in [3.05, 3.63) is 72.1 Å². The number of nitrogens with zero attached hydrogens (tertiary/aromatic N) is 2. The van der Waals surface area contributed by atoms with E-state index in [0.29, 0.717) is 22.9 Å². The molecule has 7 nitrogen and oxygen atoms in total. The summed E-state index contributed by atoms with van der Waals surface area (Å²) in [5, 5.41) is 8.62. The van der Waals surface area contributed by atoms with Crippen molar-refractivity contribution in [2.45, 2.75) is 20.3 Å². The number of para-hydroxylation sites is 1. The summed E-state index contributed by atoms with van der Waals surface area (Å²) in [4.78, 5) is 31.9. The SMILES string of the molecule is CCc1ccccc1Nc1ncc(C(=O)Nc2ccc(NC(C)=O)cc2)cn1. The molecule has 142 valence electrons. The van der Waals surface area contributed by atoms with E-state index in [1.807, 2.05) is 24.3 Å². The molecule has 7 heteroatoms. The number of amides is 2. The molecule has 0 saturated carbocycles. The summed E-state index contributed by atoms with van der Waals surface area (Å²) in [6.07, 6.45) is 3.85. The molecule has 28 heavy (non-hydrogen) atoms. The summed E-state index contributed by atoms with van der Waals surface area (Å²) in [6.45, 7) is 3.52. The van der Waals surface area contributed by atoms with Gasteiger partial charge in [0.05, 0.1) is 5.56 Å². The lowest BCUT2D eigenvalue weighted by atomic mass is 10.1. The fourth-order valence-corrected chi connectivity index (χ4v) is 2.62. The first-order valence-electron chi connectivity index (χ1n) is 8.91. The number of benzene rings is 2. The van der Waals surface area contributed by atoms with E-state index in [9.17, 15) is 9.59 Å². The first-order valence-corrected chi connectivity index (χ1v) is 8.91. The Morgan fingerprint density at radius 1 is 0.893 bits per heavy atom. The molecular weight excluding hydrogens is 354 g/mol. The number of aryl methyl sites for hydroxylation is 1. The lowest BCUT2D eigenvalue weighted by Gasteiger charge is -2.10. The van der Waals surface area contributed by atoms with Crippen LogP contribution in [0.5, 0.6) is 0 Å². The predicted molar refractivity (Wildman–Crippen MR) is 110 cm³/mol. The van der Waals surface area contributed by atoms with Crippen molar-refractivity contribution in [2.24, 2.45) is 0 Å². The molecule has 0 aliphatic carbocycles. The highest BCUT2D eigenvalue weighted by atomic mass is 16.2. The molecule has 0 saturated heterocycles. The van der Waals surface area contributed by atoms with Gasteiger partial charge >= 0.3 is 0 Å². The maximum absolute atomic E-state index is 12.4. The van der Waals surface area contributed by atoms with Gasteiger partial charge in [0.25, 0.3) is 5.91 Å². The number of anilines is 4. The molecule has 2 amide bonds. The lowest BCUT2D eigenvalue weighted by Crippen LogP contribution is -2.13. The van der Waals surface area contributed by atoms with E-state index >= 15 is 0 Å². The minimum Gasteiger partial charge on any atom is -0.326 e. The number of hydrogen-bond acceptors (Lipinski definition) is 5. The average molecular weight is 375 g/mol. The largest absolute Gasteiger partial charge is 0.326 e. The van der Waals surface area contributed by atoms with E-state index in [0.717, 1.165) is 17.7 Å². The molecule has 0 unspecified atom stereocenters. The Kier molecular flexibility index (Phi) is 5.96. The normalized spacial score (nSPS) is 10.2. The smallest absolute Gasteiger partial charge is 0.258 e. The molecule has 0 spiro atoms. The van der Waals surface area contributed by atoms with Crippen LogP contribution in [0.15, 0.2) is 60.9 Å². The highest BCUT2D eigenvalue weighted by Gasteiger charge is 2.09. The van der Waals surface area contributed by atoms with Crippen molar-refractivity contribution < 1.29 is 9.59 Å². The molecule has 3 rings (SSSR count). The van der Waals surface area contributed by atoms with Crippen LogP contribution in [0.2, 0.25) is 0 Å². The Bertz CT molecular complexity index is 969. The van der Waals surface area contributed by atoms with Crippen molar-refractivity contribution in [3.8, 4) is 0 Å². The number of carbonyl (C=O) groups excluding carboxylic acids is 2. The highest BCUT2D eigenvalue weighted by molar-refractivity contribution is 6.04. The summed E-state index contributed by atoms with van der Waals surface area (Å²) >= 11 is 0. The first kappa shape index (κ1) is 19.0. The van der Waals surface area contributed by atoms with E-state index in [2.05, 4.69) is 32.8 Å². The zero-order valence-corrected chi connectivity index (χ0v) is 15.7. The van der Waals surface area contributed by atoms with Gasteiger partial charge in [-0.1, -0.05) is 25.1 Å². The molecule has 0 aliphatic heterocycles. The minimum absolute atomic E-state index is 0.149. The lowest BCUT2D eigenvalue weighted by molar-refractivity contribution is -0.114. The average Bonchev–Trinajstić information content (AvgIpc) is 2.70. The van der Waals surface area contributed by atoms with Crippen LogP contribution in [0.1, 0.15) is 29.8 Å². The summed E-state index contributed by atoms with van der Waals surface area (Å²) in [7, 11) is 0. The maximum atomic E-state index is 12.4. The van der Waals surface area contributed by atoms with Crippen molar-refractivity contribution in [1.82, 2.24) is 9.97 Å². The molecule has 2 aromatic carbocycles. The third-order valence-corrected chi connectivity index (χ3v) is 4.02. The molecule has 0 fully saturated rings. The van der Waals surface area contributed by atoms with Crippen LogP contribution in [-0.2, 0) is 11.2 Å². The Balaban J connectivity index is 1.64. The van der Waals surface area contributed by atoms with Crippen LogP contribution >= 0.6 is 0 Å². The summed E-state index contributed by atoms with van der Waals surface area (Å²) in [6, 6.07) is 14.8. The molecule has 1 aromatic heterocycles. The van der Waals surface area contributed by atoms with Gasteiger partial charge in [0.2, 0.25) is 11.9 Å². The van der Waals surface area contributed by atoms with Gasteiger partial charge in [-0.2, -0.15) is 0 Å². The summed E-state index contributed by atoms with van der Waals surface area (Å²) in [5.41, 5.74) is 3.73. The monoisotopic (exact) mass is 375 g/mol. The second-order valence-electron chi connectivity index (χ2n) is 6.14. The second kappa shape index (κ2) is 8.77. The molecular formula is C21H21N5O2. The number of nitrogens with one attached hydrogen (secondary N) is 3. The first-order chi connectivity index (χ1) is 13.5. The van der Waals surface area contributed by atoms with Gasteiger partial charge in [-0.3, -0.25) is 9.59 Å². The third-order valence-electron chi connectivity index (χ3n) is 4.02. The van der Waals surface area contributed by atoms with Crippen LogP contribution in [0, 0.1) is 0 Å². The van der Waals surface area contributed by atoms with E-state index in [1.54, 1.807) is 24.3 Å². The van der Waals surface area contributed by atoms with E-state index in [-0.39, 0.29) is 11.8 Å². The van der Waals surface area contributed by atoms with Gasteiger partial charge < -0.3 is 16.0 Å². The number of rotatable bonds is 6. The van der Waals surface area contributed by atoms with Gasteiger partial charge in [0, 0.05) is 36.4 Å². The fraction of sp³-hybridized carbons (Fsp3) is 0.143. The zero-order chi connectivity index (χ0) is 19.9. The summed E-state index contributed by atoms with van der Waals surface area (Å²) in [5.74, 6) is -0.0333. The van der Waals surface area contributed by atoms with Gasteiger partial charge in [0.15, 0.2) is 0 Å². The molecule has 3 aromatic rings. The van der Waals surface area contributed by atoms with Gasteiger partial charge in [0.1, 0.15) is 0 Å². The van der Waals surface area contributed by atoms with Crippen LogP contribution in [0.4, 0.5) is 23.0 Å². The Labute approximate surface area is 163 Å². The molecule has 0 aliphatic rings. The van der Waals surface area contributed by atoms with Gasteiger partial charge in [-0.25, -0.2) is 9.97 Å². The zero-order valence-electron chi connectivity index (χ0n) is 15.7. The Hall–Kier alpha value is -3.74. The number of carbonyl (C=O) groups is 2. The van der Waals surface area contributed by atoms with Crippen molar-refractivity contribution in [2.75, 3.05) is 16.0 Å². The molecule has 0 bridgehead atoms. The van der Waals surface area contributed by atoms with Crippen molar-refractivity contribution >= 4 is 34.8 Å². The Morgan fingerprint density at radius 2 is 1.50 bits per heavy atom. The Morgan fingerprint density at radius 3 is 2.11 bits per heavy atom. The number of aromatic nitrogens is 2. The number of hydrogen-bond donors (Lipinski definition) is 3. The summed E-state index contributed by atoms with van der Waals surface area (Å²) < 4.78 is 0. The predicted octanol–water partition coefficient (Wildman–Crippen LogP) is 3.99. The van der Waals surface area contributed by atoms with Crippen LogP contribution in [0.25, 0.3) is 0 Å². The van der Waals surface area contributed by atoms with Crippen LogP contribution in [0.3, 0.4) is 0 Å². The quantitative estimate of drug-likeness (QED) is 0.605. The molecule has 0 radical (unpaired) electrons. The van der Waals surface area contributed by atoms with Gasteiger partial charge in [-0.05, 0) is 42.3 Å². The van der Waals surface area contributed by atoms with E-state index < -0.39 is 0 Å². The van der Waals surface area contributed by atoms with Crippen LogP contribution in [-0.4, -0.2) is 21.8 Å². The molecule has 1 heterocycles. The molecule has 0 atom stereocenters. The van der Waals surface area contributed by atoms with Crippen molar-refractivity contribution in [1.29, 1.82) is 0 Å².